The molecule has 3 unspecified atom stereocenters. The molecule has 3 atom stereocenters. The van der Waals surface area contributed by atoms with Gasteiger partial charge in [0.15, 0.2) is 5.96 Å². The number of aliphatic imine (C=N–C) groups is 1. The van der Waals surface area contributed by atoms with Crippen LogP contribution in [0, 0.1) is 5.92 Å². The zero-order valence-electron chi connectivity index (χ0n) is 19.0. The second-order valence-electron chi connectivity index (χ2n) is 8.95. The van der Waals surface area contributed by atoms with Crippen molar-refractivity contribution in [1.29, 1.82) is 0 Å². The molecule has 1 aliphatic carbocycles. The Morgan fingerprint density at radius 2 is 1.90 bits per heavy atom. The predicted octanol–water partition coefficient (Wildman–Crippen LogP) is 3.66. The molecule has 5 nitrogen and oxygen atoms in total. The Hall–Kier alpha value is -1.40. The van der Waals surface area contributed by atoms with Crippen LogP contribution in [-0.4, -0.2) is 52.3 Å². The van der Waals surface area contributed by atoms with E-state index >= 15 is 0 Å². The Bertz CT molecular complexity index is 715. The third-order valence-electron chi connectivity index (χ3n) is 6.68. The minimum Gasteiger partial charge on any atom is -0.354 e. The number of guanidine groups is 1. The summed E-state index contributed by atoms with van der Waals surface area (Å²) in [4.78, 5) is 7.03. The van der Waals surface area contributed by atoms with Gasteiger partial charge in [-0.05, 0) is 62.2 Å². The van der Waals surface area contributed by atoms with Crippen molar-refractivity contribution in [3.8, 4) is 0 Å². The molecule has 3 rings (SSSR count). The molecule has 0 aromatic heterocycles. The van der Waals surface area contributed by atoms with Gasteiger partial charge < -0.3 is 10.6 Å². The van der Waals surface area contributed by atoms with Gasteiger partial charge in [-0.25, -0.2) is 0 Å². The van der Waals surface area contributed by atoms with E-state index in [1.165, 1.54) is 37.1 Å². The molecular weight excluding hydrogens is 392 g/mol. The molecule has 0 spiro atoms. The summed E-state index contributed by atoms with van der Waals surface area (Å²) < 4.78 is 12.2. The molecule has 1 saturated carbocycles. The summed E-state index contributed by atoms with van der Waals surface area (Å²) in [6.45, 7) is 8.60. The molecule has 168 valence electrons. The molecular formula is C24H40N4OS. The van der Waals surface area contributed by atoms with Crippen LogP contribution in [0.15, 0.2) is 29.3 Å². The second kappa shape index (κ2) is 11.8. The predicted molar refractivity (Wildman–Crippen MR) is 128 cm³/mol. The summed E-state index contributed by atoms with van der Waals surface area (Å²) in [6, 6.07) is 9.12. The van der Waals surface area contributed by atoms with Crippen LogP contribution in [-0.2, 0) is 23.9 Å². The van der Waals surface area contributed by atoms with Gasteiger partial charge in [-0.3, -0.25) is 14.1 Å². The van der Waals surface area contributed by atoms with E-state index in [9.17, 15) is 4.21 Å². The Balaban J connectivity index is 1.53. The van der Waals surface area contributed by atoms with Gasteiger partial charge in [0.05, 0.1) is 0 Å². The maximum atomic E-state index is 12.2. The minimum absolute atomic E-state index is 0.326. The number of piperidine rings is 1. The number of hydrogen-bond acceptors (Lipinski definition) is 3. The second-order valence-corrected chi connectivity index (χ2v) is 11.0. The lowest BCUT2D eigenvalue weighted by atomic mass is 9.95. The first-order valence-electron chi connectivity index (χ1n) is 11.7. The fourth-order valence-electron chi connectivity index (χ4n) is 4.66. The van der Waals surface area contributed by atoms with Crippen molar-refractivity contribution in [3.05, 3.63) is 35.4 Å². The molecule has 6 heteroatoms. The molecule has 1 heterocycles. The molecule has 1 aromatic rings. The fraction of sp³-hybridized carbons (Fsp3) is 0.708. The average Bonchev–Trinajstić information content (AvgIpc) is 2.78. The molecule has 0 bridgehead atoms. The van der Waals surface area contributed by atoms with Gasteiger partial charge in [0.1, 0.15) is 0 Å². The third kappa shape index (κ3) is 6.81. The Morgan fingerprint density at radius 1 is 1.17 bits per heavy atom. The van der Waals surface area contributed by atoms with Crippen LogP contribution in [0.25, 0.3) is 0 Å². The lowest BCUT2D eigenvalue weighted by molar-refractivity contribution is 0.185. The Morgan fingerprint density at radius 3 is 2.60 bits per heavy atom. The third-order valence-corrected chi connectivity index (χ3v) is 8.42. The number of nitrogens with zero attached hydrogens (tertiary/aromatic N) is 2. The molecule has 0 radical (unpaired) electrons. The van der Waals surface area contributed by atoms with E-state index in [1.54, 1.807) is 0 Å². The van der Waals surface area contributed by atoms with Crippen molar-refractivity contribution in [1.82, 2.24) is 15.5 Å². The van der Waals surface area contributed by atoms with E-state index in [0.29, 0.717) is 11.3 Å². The molecule has 2 N–H and O–H groups in total. The van der Waals surface area contributed by atoms with Crippen molar-refractivity contribution < 1.29 is 4.21 Å². The first-order valence-corrected chi connectivity index (χ1v) is 13.1. The van der Waals surface area contributed by atoms with E-state index < -0.39 is 10.8 Å². The molecule has 2 fully saturated rings. The van der Waals surface area contributed by atoms with Crippen LogP contribution in [0.1, 0.15) is 63.5 Å². The lowest BCUT2D eigenvalue weighted by Crippen LogP contribution is -2.46. The van der Waals surface area contributed by atoms with E-state index in [0.717, 1.165) is 56.4 Å². The van der Waals surface area contributed by atoms with Gasteiger partial charge in [0.25, 0.3) is 0 Å². The average molecular weight is 433 g/mol. The summed E-state index contributed by atoms with van der Waals surface area (Å²) in [6.07, 6.45) is 6.95. The minimum atomic E-state index is -0.699. The molecule has 0 amide bonds. The topological polar surface area (TPSA) is 56.7 Å². The van der Waals surface area contributed by atoms with Crippen LogP contribution in [0.2, 0.25) is 0 Å². The highest BCUT2D eigenvalue weighted by molar-refractivity contribution is 7.85. The fourth-order valence-corrected chi connectivity index (χ4v) is 6.01. The van der Waals surface area contributed by atoms with Crippen molar-refractivity contribution in [2.45, 2.75) is 76.8 Å². The number of likely N-dealkylation sites (tertiary alicyclic amines) is 1. The zero-order chi connectivity index (χ0) is 21.3. The highest BCUT2D eigenvalue weighted by atomic mass is 32.2. The zero-order valence-corrected chi connectivity index (χ0v) is 19.8. The molecule has 30 heavy (non-hydrogen) atoms. The van der Waals surface area contributed by atoms with Gasteiger partial charge in [-0.15, -0.1) is 0 Å². The van der Waals surface area contributed by atoms with Gasteiger partial charge >= 0.3 is 0 Å². The molecule has 1 saturated heterocycles. The van der Waals surface area contributed by atoms with Crippen molar-refractivity contribution in [2.24, 2.45) is 10.9 Å². The first-order chi connectivity index (χ1) is 14.6. The van der Waals surface area contributed by atoms with Crippen LogP contribution in [0.4, 0.5) is 0 Å². The van der Waals surface area contributed by atoms with Crippen LogP contribution in [0.5, 0.6) is 0 Å². The smallest absolute Gasteiger partial charge is 0.191 e. The maximum Gasteiger partial charge on any atom is 0.191 e. The summed E-state index contributed by atoms with van der Waals surface area (Å²) in [5, 5.41) is 7.43. The van der Waals surface area contributed by atoms with Crippen molar-refractivity contribution >= 4 is 16.8 Å². The summed E-state index contributed by atoms with van der Waals surface area (Å²) >= 11 is 0. The summed E-state index contributed by atoms with van der Waals surface area (Å²) in [5.74, 6) is 2.48. The van der Waals surface area contributed by atoms with E-state index in [4.69, 9.17) is 0 Å². The van der Waals surface area contributed by atoms with Crippen molar-refractivity contribution in [2.75, 3.05) is 25.9 Å². The highest BCUT2D eigenvalue weighted by Crippen LogP contribution is 2.23. The van der Waals surface area contributed by atoms with E-state index in [2.05, 4.69) is 51.7 Å². The van der Waals surface area contributed by atoms with Gasteiger partial charge in [0, 0.05) is 48.0 Å². The Kier molecular flexibility index (Phi) is 9.19. The maximum absolute atomic E-state index is 12.2. The Labute approximate surface area is 185 Å². The van der Waals surface area contributed by atoms with Crippen molar-refractivity contribution in [3.63, 3.8) is 0 Å². The van der Waals surface area contributed by atoms with Crippen LogP contribution >= 0.6 is 0 Å². The molecule has 1 aliphatic heterocycles. The number of rotatable bonds is 7. The number of nitrogens with one attached hydrogen (secondary N) is 2. The van der Waals surface area contributed by atoms with Crippen LogP contribution in [0.3, 0.4) is 0 Å². The lowest BCUT2D eigenvalue weighted by Gasteiger charge is -2.31. The first kappa shape index (κ1) is 23.3. The number of benzene rings is 1. The normalized spacial score (nSPS) is 25.1. The van der Waals surface area contributed by atoms with Crippen LogP contribution < -0.4 is 10.6 Å². The standard InChI is InChI=1S/C24H40N4OS/c1-4-30(29)23-11-7-10-22(16-23)27-24(25-3)26-17-20-8-5-6-9-21(20)18-28-14-12-19(2)13-15-28/h5-6,8-9,19,22-23H,4,7,10-18H2,1-3H3,(H2,25,26,27). The molecule has 1 aromatic carbocycles. The van der Waals surface area contributed by atoms with E-state index in [-0.39, 0.29) is 0 Å². The SMILES string of the molecule is CCS(=O)C1CCCC(NC(=NC)NCc2ccccc2CN2CCC(C)CC2)C1. The quantitative estimate of drug-likeness (QED) is 0.510. The highest BCUT2D eigenvalue weighted by Gasteiger charge is 2.26. The van der Waals surface area contributed by atoms with Gasteiger partial charge in [-0.2, -0.15) is 0 Å². The van der Waals surface area contributed by atoms with E-state index in [1.807, 2.05) is 14.0 Å². The molecule has 2 aliphatic rings. The largest absolute Gasteiger partial charge is 0.354 e. The summed E-state index contributed by atoms with van der Waals surface area (Å²) in [5.41, 5.74) is 2.75. The van der Waals surface area contributed by atoms with Gasteiger partial charge in [0.2, 0.25) is 0 Å². The monoisotopic (exact) mass is 432 g/mol. The summed E-state index contributed by atoms with van der Waals surface area (Å²) in [7, 11) is 1.14. The van der Waals surface area contributed by atoms with Gasteiger partial charge in [-0.1, -0.05) is 44.5 Å². The number of hydrogen-bond donors (Lipinski definition) is 2.